The quantitative estimate of drug-likeness (QED) is 0.703. The predicted molar refractivity (Wildman–Crippen MR) is 92.3 cm³/mol. The summed E-state index contributed by atoms with van der Waals surface area (Å²) in [6, 6.07) is 11.7. The Morgan fingerprint density at radius 3 is 2.65 bits per heavy atom. The SMILES string of the molecule is O=C1CCCc2c1c(-c1ccc3c(c1)OCO3)nn2-c1ccc(F)cc1. The maximum absolute atomic E-state index is 13.3. The molecule has 6 heteroatoms. The highest BCUT2D eigenvalue weighted by molar-refractivity contribution is 6.03. The van der Waals surface area contributed by atoms with Gasteiger partial charge in [0.1, 0.15) is 11.5 Å². The third-order valence-electron chi connectivity index (χ3n) is 4.79. The van der Waals surface area contributed by atoms with Gasteiger partial charge in [-0.05, 0) is 55.3 Å². The number of fused-ring (bicyclic) bond motifs is 2. The van der Waals surface area contributed by atoms with Gasteiger partial charge in [0.05, 0.1) is 16.9 Å². The summed E-state index contributed by atoms with van der Waals surface area (Å²) in [6.45, 7) is 0.194. The van der Waals surface area contributed by atoms with E-state index in [1.165, 1.54) is 12.1 Å². The Kier molecular flexibility index (Phi) is 3.31. The molecule has 0 fully saturated rings. The predicted octanol–water partition coefficient (Wildman–Crippen LogP) is 3.93. The zero-order chi connectivity index (χ0) is 17.7. The van der Waals surface area contributed by atoms with Gasteiger partial charge in [0, 0.05) is 12.0 Å². The summed E-state index contributed by atoms with van der Waals surface area (Å²) >= 11 is 0. The molecule has 130 valence electrons. The van der Waals surface area contributed by atoms with Gasteiger partial charge in [-0.1, -0.05) is 0 Å². The molecule has 0 unspecified atom stereocenters. The van der Waals surface area contributed by atoms with Crippen molar-refractivity contribution in [3.05, 3.63) is 59.5 Å². The van der Waals surface area contributed by atoms with E-state index in [4.69, 9.17) is 14.6 Å². The third kappa shape index (κ3) is 2.29. The molecule has 26 heavy (non-hydrogen) atoms. The second-order valence-electron chi connectivity index (χ2n) is 6.40. The first-order valence-corrected chi connectivity index (χ1v) is 8.52. The van der Waals surface area contributed by atoms with Gasteiger partial charge in [-0.3, -0.25) is 4.79 Å². The lowest BCUT2D eigenvalue weighted by Crippen LogP contribution is -2.13. The smallest absolute Gasteiger partial charge is 0.231 e. The van der Waals surface area contributed by atoms with Crippen LogP contribution in [0.1, 0.15) is 28.9 Å². The van der Waals surface area contributed by atoms with Crippen molar-refractivity contribution in [1.29, 1.82) is 0 Å². The number of hydrogen-bond acceptors (Lipinski definition) is 4. The minimum Gasteiger partial charge on any atom is -0.454 e. The molecule has 0 N–H and O–H groups in total. The molecule has 2 aromatic carbocycles. The van der Waals surface area contributed by atoms with Gasteiger partial charge in [-0.15, -0.1) is 0 Å². The molecular formula is C20H15FN2O3. The van der Waals surface area contributed by atoms with Crippen molar-refractivity contribution < 1.29 is 18.7 Å². The largest absolute Gasteiger partial charge is 0.454 e. The molecule has 1 aromatic heterocycles. The van der Waals surface area contributed by atoms with E-state index in [1.807, 2.05) is 18.2 Å². The number of benzene rings is 2. The monoisotopic (exact) mass is 350 g/mol. The number of halogens is 1. The Bertz CT molecular complexity index is 1020. The summed E-state index contributed by atoms with van der Waals surface area (Å²) in [5, 5.41) is 4.71. The molecule has 0 radical (unpaired) electrons. The van der Waals surface area contributed by atoms with Crippen molar-refractivity contribution in [2.75, 3.05) is 6.79 Å². The Labute approximate surface area is 149 Å². The highest BCUT2D eigenvalue weighted by Gasteiger charge is 2.29. The van der Waals surface area contributed by atoms with E-state index in [9.17, 15) is 9.18 Å². The van der Waals surface area contributed by atoms with E-state index < -0.39 is 0 Å². The first-order valence-electron chi connectivity index (χ1n) is 8.52. The summed E-state index contributed by atoms with van der Waals surface area (Å²) < 4.78 is 25.9. The molecule has 0 spiro atoms. The van der Waals surface area contributed by atoms with Crippen LogP contribution in [0, 0.1) is 5.82 Å². The molecule has 5 rings (SSSR count). The van der Waals surface area contributed by atoms with Crippen LogP contribution in [-0.2, 0) is 6.42 Å². The second-order valence-corrected chi connectivity index (χ2v) is 6.40. The summed E-state index contributed by atoms with van der Waals surface area (Å²) in [5.74, 6) is 1.12. The zero-order valence-corrected chi connectivity index (χ0v) is 13.9. The lowest BCUT2D eigenvalue weighted by molar-refractivity contribution is 0.0972. The number of Topliss-reactive ketones (excluding diaryl/α,β-unsaturated/α-hetero) is 1. The Balaban J connectivity index is 1.70. The molecule has 5 nitrogen and oxygen atoms in total. The van der Waals surface area contributed by atoms with Crippen molar-refractivity contribution in [2.24, 2.45) is 0 Å². The van der Waals surface area contributed by atoms with Crippen LogP contribution in [0.15, 0.2) is 42.5 Å². The standard InChI is InChI=1S/C20H15FN2O3/c21-13-5-7-14(8-6-13)23-15-2-1-3-16(24)19(15)20(22-23)12-4-9-17-18(10-12)26-11-25-17/h4-10H,1-3,11H2. The number of hydrogen-bond donors (Lipinski definition) is 0. The van der Waals surface area contributed by atoms with Crippen LogP contribution >= 0.6 is 0 Å². The highest BCUT2D eigenvalue weighted by Crippen LogP contribution is 2.38. The third-order valence-corrected chi connectivity index (χ3v) is 4.79. The van der Waals surface area contributed by atoms with Crippen molar-refractivity contribution in [1.82, 2.24) is 9.78 Å². The number of aromatic nitrogens is 2. The summed E-state index contributed by atoms with van der Waals surface area (Å²) in [5.41, 5.74) is 3.71. The summed E-state index contributed by atoms with van der Waals surface area (Å²) in [7, 11) is 0. The van der Waals surface area contributed by atoms with Gasteiger partial charge in [0.25, 0.3) is 0 Å². The Hall–Kier alpha value is -3.15. The van der Waals surface area contributed by atoms with Gasteiger partial charge in [0.2, 0.25) is 6.79 Å². The number of ketones is 1. The van der Waals surface area contributed by atoms with Gasteiger partial charge >= 0.3 is 0 Å². The molecule has 0 saturated carbocycles. The number of rotatable bonds is 2. The molecule has 1 aliphatic heterocycles. The van der Waals surface area contributed by atoms with E-state index >= 15 is 0 Å². The molecule has 0 amide bonds. The topological polar surface area (TPSA) is 53.4 Å². The second kappa shape index (κ2) is 5.69. The first kappa shape index (κ1) is 15.1. The minimum atomic E-state index is -0.304. The van der Waals surface area contributed by atoms with Crippen molar-refractivity contribution in [3.8, 4) is 28.4 Å². The molecule has 2 heterocycles. The van der Waals surface area contributed by atoms with Crippen LogP contribution in [0.2, 0.25) is 0 Å². The fourth-order valence-corrected chi connectivity index (χ4v) is 3.56. The number of ether oxygens (including phenoxy) is 2. The fraction of sp³-hybridized carbons (Fsp3) is 0.200. The van der Waals surface area contributed by atoms with E-state index in [2.05, 4.69) is 0 Å². The Morgan fingerprint density at radius 1 is 1.00 bits per heavy atom. The van der Waals surface area contributed by atoms with Crippen LogP contribution in [0.3, 0.4) is 0 Å². The van der Waals surface area contributed by atoms with Crippen molar-refractivity contribution in [2.45, 2.75) is 19.3 Å². The van der Waals surface area contributed by atoms with Crippen LogP contribution in [0.4, 0.5) is 4.39 Å². The molecule has 0 bridgehead atoms. The van der Waals surface area contributed by atoms with Crippen molar-refractivity contribution in [3.63, 3.8) is 0 Å². The molecule has 3 aromatic rings. The van der Waals surface area contributed by atoms with E-state index in [1.54, 1.807) is 16.8 Å². The van der Waals surface area contributed by atoms with Gasteiger partial charge in [-0.25, -0.2) is 9.07 Å². The number of carbonyl (C=O) groups excluding carboxylic acids is 1. The minimum absolute atomic E-state index is 0.0901. The average Bonchev–Trinajstić information content (AvgIpc) is 3.27. The molecule has 0 saturated heterocycles. The summed E-state index contributed by atoms with van der Waals surface area (Å²) in [6.07, 6.45) is 2.06. The first-order chi connectivity index (χ1) is 12.7. The molecule has 1 aliphatic carbocycles. The van der Waals surface area contributed by atoms with Gasteiger partial charge in [0.15, 0.2) is 17.3 Å². The van der Waals surface area contributed by atoms with Crippen LogP contribution in [-0.4, -0.2) is 22.4 Å². The van der Waals surface area contributed by atoms with Gasteiger partial charge in [-0.2, -0.15) is 5.10 Å². The van der Waals surface area contributed by atoms with Crippen LogP contribution in [0.5, 0.6) is 11.5 Å². The zero-order valence-electron chi connectivity index (χ0n) is 13.9. The van der Waals surface area contributed by atoms with E-state index in [-0.39, 0.29) is 18.4 Å². The fourth-order valence-electron chi connectivity index (χ4n) is 3.56. The maximum atomic E-state index is 13.3. The van der Waals surface area contributed by atoms with E-state index in [0.29, 0.717) is 29.2 Å². The van der Waals surface area contributed by atoms with Crippen LogP contribution in [0.25, 0.3) is 16.9 Å². The van der Waals surface area contributed by atoms with Crippen LogP contribution < -0.4 is 9.47 Å². The lowest BCUT2D eigenvalue weighted by atomic mass is 9.92. The van der Waals surface area contributed by atoms with Crippen molar-refractivity contribution >= 4 is 5.78 Å². The highest BCUT2D eigenvalue weighted by atomic mass is 19.1. The molecule has 2 aliphatic rings. The Morgan fingerprint density at radius 2 is 1.81 bits per heavy atom. The number of nitrogens with zero attached hydrogens (tertiary/aromatic N) is 2. The lowest BCUT2D eigenvalue weighted by Gasteiger charge is -2.13. The van der Waals surface area contributed by atoms with E-state index in [0.717, 1.165) is 29.8 Å². The maximum Gasteiger partial charge on any atom is 0.231 e. The average molecular weight is 350 g/mol. The molecular weight excluding hydrogens is 335 g/mol. The number of carbonyl (C=O) groups is 1. The summed E-state index contributed by atoms with van der Waals surface area (Å²) in [4.78, 5) is 12.6. The molecule has 0 atom stereocenters. The normalized spacial score (nSPS) is 15.2. The van der Waals surface area contributed by atoms with Gasteiger partial charge < -0.3 is 9.47 Å².